The molecule has 4 rings (SSSR count). The van der Waals surface area contributed by atoms with Gasteiger partial charge in [0.2, 0.25) is 0 Å². The Labute approximate surface area is 152 Å². The lowest BCUT2D eigenvalue weighted by molar-refractivity contribution is -0.0211. The van der Waals surface area contributed by atoms with Crippen LogP contribution in [0.1, 0.15) is 28.8 Å². The van der Waals surface area contributed by atoms with Crippen LogP contribution in [0, 0.1) is 5.82 Å². The molecule has 0 saturated carbocycles. The van der Waals surface area contributed by atoms with Crippen molar-refractivity contribution in [2.75, 3.05) is 13.2 Å². The van der Waals surface area contributed by atoms with Gasteiger partial charge in [-0.05, 0) is 42.7 Å². The van der Waals surface area contributed by atoms with Gasteiger partial charge in [-0.3, -0.25) is 14.7 Å². The number of likely N-dealkylation sites (tertiary alicyclic amines) is 1. The standard InChI is InChI=1S/C20H22FN3O2/c21-16-7-5-14(6-8-16)12-24-13-17(19-18(24)4-2-10-26-19)23-20(25)15-3-1-9-22-11-15/h1,3,5-9,11,17-19H,2,4,10,12-13H2,(H,23,25)/t17-,18-,19-/m0/s1. The van der Waals surface area contributed by atoms with Crippen LogP contribution in [0.3, 0.4) is 0 Å². The zero-order valence-corrected chi connectivity index (χ0v) is 14.5. The van der Waals surface area contributed by atoms with Gasteiger partial charge in [-0.25, -0.2) is 4.39 Å². The maximum absolute atomic E-state index is 13.1. The number of nitrogens with one attached hydrogen (secondary N) is 1. The van der Waals surface area contributed by atoms with Crippen LogP contribution in [-0.4, -0.2) is 47.1 Å². The largest absolute Gasteiger partial charge is 0.374 e. The molecule has 1 amide bonds. The molecule has 3 heterocycles. The summed E-state index contributed by atoms with van der Waals surface area (Å²) in [6.45, 7) is 2.17. The van der Waals surface area contributed by atoms with E-state index in [9.17, 15) is 9.18 Å². The first-order valence-corrected chi connectivity index (χ1v) is 9.02. The van der Waals surface area contributed by atoms with Gasteiger partial charge in [0, 0.05) is 38.1 Å². The molecule has 2 fully saturated rings. The van der Waals surface area contributed by atoms with Crippen LogP contribution < -0.4 is 5.32 Å². The van der Waals surface area contributed by atoms with E-state index in [1.807, 2.05) is 12.1 Å². The Bertz CT molecular complexity index is 753. The highest BCUT2D eigenvalue weighted by molar-refractivity contribution is 5.94. The van der Waals surface area contributed by atoms with E-state index in [0.717, 1.165) is 38.1 Å². The van der Waals surface area contributed by atoms with Crippen molar-refractivity contribution in [1.82, 2.24) is 15.2 Å². The summed E-state index contributed by atoms with van der Waals surface area (Å²) in [6, 6.07) is 10.3. The third-order valence-corrected chi connectivity index (χ3v) is 5.17. The van der Waals surface area contributed by atoms with Crippen molar-refractivity contribution in [3.63, 3.8) is 0 Å². The van der Waals surface area contributed by atoms with Crippen LogP contribution in [0.4, 0.5) is 4.39 Å². The van der Waals surface area contributed by atoms with Crippen LogP contribution in [0.5, 0.6) is 0 Å². The Balaban J connectivity index is 1.47. The van der Waals surface area contributed by atoms with Crippen molar-refractivity contribution < 1.29 is 13.9 Å². The molecule has 26 heavy (non-hydrogen) atoms. The molecule has 1 aromatic heterocycles. The lowest BCUT2D eigenvalue weighted by atomic mass is 10.0. The Morgan fingerprint density at radius 2 is 2.15 bits per heavy atom. The molecule has 2 aliphatic heterocycles. The van der Waals surface area contributed by atoms with Gasteiger partial charge >= 0.3 is 0 Å². The summed E-state index contributed by atoms with van der Waals surface area (Å²) >= 11 is 0. The van der Waals surface area contributed by atoms with Gasteiger partial charge in [0.05, 0.1) is 17.7 Å². The van der Waals surface area contributed by atoms with E-state index in [2.05, 4.69) is 15.2 Å². The molecule has 1 aromatic carbocycles. The Hall–Kier alpha value is -2.31. The maximum atomic E-state index is 13.1. The second-order valence-electron chi connectivity index (χ2n) is 6.92. The molecule has 2 aliphatic rings. The minimum Gasteiger partial charge on any atom is -0.374 e. The number of ether oxygens (including phenoxy) is 1. The molecular weight excluding hydrogens is 333 g/mol. The third kappa shape index (κ3) is 3.61. The van der Waals surface area contributed by atoms with E-state index in [0.29, 0.717) is 5.56 Å². The maximum Gasteiger partial charge on any atom is 0.253 e. The number of nitrogens with zero attached hydrogens (tertiary/aromatic N) is 2. The van der Waals surface area contributed by atoms with Gasteiger partial charge in [-0.15, -0.1) is 0 Å². The van der Waals surface area contributed by atoms with Crippen molar-refractivity contribution in [2.24, 2.45) is 0 Å². The fourth-order valence-electron chi connectivity index (χ4n) is 3.94. The van der Waals surface area contributed by atoms with Crippen molar-refractivity contribution in [1.29, 1.82) is 0 Å². The van der Waals surface area contributed by atoms with Gasteiger partial charge in [-0.1, -0.05) is 12.1 Å². The minimum absolute atomic E-state index is 0.00943. The quantitative estimate of drug-likeness (QED) is 0.915. The average Bonchev–Trinajstić information content (AvgIpc) is 3.02. The van der Waals surface area contributed by atoms with Crippen molar-refractivity contribution in [2.45, 2.75) is 37.6 Å². The van der Waals surface area contributed by atoms with E-state index >= 15 is 0 Å². The predicted octanol–water partition coefficient (Wildman–Crippen LogP) is 2.38. The predicted molar refractivity (Wildman–Crippen MR) is 95.1 cm³/mol. The molecule has 136 valence electrons. The summed E-state index contributed by atoms with van der Waals surface area (Å²) in [4.78, 5) is 18.9. The van der Waals surface area contributed by atoms with Gasteiger partial charge in [0.25, 0.3) is 5.91 Å². The monoisotopic (exact) mass is 355 g/mol. The van der Waals surface area contributed by atoms with Crippen LogP contribution >= 0.6 is 0 Å². The van der Waals surface area contributed by atoms with Crippen molar-refractivity contribution in [3.8, 4) is 0 Å². The first kappa shape index (κ1) is 17.1. The molecular formula is C20H22FN3O2. The zero-order chi connectivity index (χ0) is 17.9. The highest BCUT2D eigenvalue weighted by atomic mass is 19.1. The second-order valence-corrected chi connectivity index (χ2v) is 6.92. The molecule has 3 atom stereocenters. The first-order valence-electron chi connectivity index (χ1n) is 9.02. The summed E-state index contributed by atoms with van der Waals surface area (Å²) in [5.41, 5.74) is 1.62. The highest BCUT2D eigenvalue weighted by Gasteiger charge is 2.44. The molecule has 2 saturated heterocycles. The number of fused-ring (bicyclic) bond motifs is 1. The number of carbonyl (C=O) groups excluding carboxylic acids is 1. The number of hydrogen-bond donors (Lipinski definition) is 1. The molecule has 0 spiro atoms. The molecule has 2 aromatic rings. The molecule has 0 aliphatic carbocycles. The molecule has 0 radical (unpaired) electrons. The van der Waals surface area contributed by atoms with Crippen LogP contribution in [0.25, 0.3) is 0 Å². The summed E-state index contributed by atoms with van der Waals surface area (Å²) in [6.07, 6.45) is 5.27. The molecule has 6 heteroatoms. The summed E-state index contributed by atoms with van der Waals surface area (Å²) in [5.74, 6) is -0.352. The van der Waals surface area contributed by atoms with Gasteiger partial charge in [-0.2, -0.15) is 0 Å². The lowest BCUT2D eigenvalue weighted by Crippen LogP contribution is -2.47. The molecule has 0 unspecified atom stereocenters. The van der Waals surface area contributed by atoms with Crippen LogP contribution in [0.15, 0.2) is 48.8 Å². The number of aromatic nitrogens is 1. The number of amides is 1. The number of hydrogen-bond acceptors (Lipinski definition) is 4. The van der Waals surface area contributed by atoms with Gasteiger partial charge < -0.3 is 10.1 Å². The first-order chi connectivity index (χ1) is 12.7. The smallest absolute Gasteiger partial charge is 0.253 e. The Morgan fingerprint density at radius 3 is 2.92 bits per heavy atom. The topological polar surface area (TPSA) is 54.5 Å². The van der Waals surface area contributed by atoms with E-state index < -0.39 is 0 Å². The van der Waals surface area contributed by atoms with E-state index in [4.69, 9.17) is 4.74 Å². The van der Waals surface area contributed by atoms with Crippen LogP contribution in [0.2, 0.25) is 0 Å². The van der Waals surface area contributed by atoms with E-state index in [1.54, 1.807) is 24.5 Å². The zero-order valence-electron chi connectivity index (χ0n) is 14.5. The Kier molecular flexibility index (Phi) is 4.95. The van der Waals surface area contributed by atoms with Crippen molar-refractivity contribution >= 4 is 5.91 Å². The fourth-order valence-corrected chi connectivity index (χ4v) is 3.94. The summed E-state index contributed by atoms with van der Waals surface area (Å²) in [5, 5.41) is 3.11. The fraction of sp³-hybridized carbons (Fsp3) is 0.400. The van der Waals surface area contributed by atoms with E-state index in [1.165, 1.54) is 12.1 Å². The number of halogens is 1. The SMILES string of the molecule is O=C(N[C@H]1CN(Cc2ccc(F)cc2)[C@H]2CCCO[C@@H]12)c1cccnc1. The summed E-state index contributed by atoms with van der Waals surface area (Å²) < 4.78 is 19.2. The van der Waals surface area contributed by atoms with Crippen molar-refractivity contribution in [3.05, 3.63) is 65.7 Å². The molecule has 0 bridgehead atoms. The minimum atomic E-state index is -0.226. The number of pyridine rings is 1. The summed E-state index contributed by atoms with van der Waals surface area (Å²) in [7, 11) is 0. The normalized spacial score (nSPS) is 25.7. The average molecular weight is 355 g/mol. The number of carbonyl (C=O) groups is 1. The van der Waals surface area contributed by atoms with Gasteiger partial charge in [0.1, 0.15) is 5.82 Å². The number of rotatable bonds is 4. The van der Waals surface area contributed by atoms with Gasteiger partial charge in [0.15, 0.2) is 0 Å². The lowest BCUT2D eigenvalue weighted by Gasteiger charge is -2.32. The second kappa shape index (κ2) is 7.51. The Morgan fingerprint density at radius 1 is 1.31 bits per heavy atom. The molecule has 5 nitrogen and oxygen atoms in total. The number of benzene rings is 1. The van der Waals surface area contributed by atoms with Crippen LogP contribution in [-0.2, 0) is 11.3 Å². The molecule has 1 N–H and O–H groups in total. The third-order valence-electron chi connectivity index (χ3n) is 5.17. The van der Waals surface area contributed by atoms with E-state index in [-0.39, 0.29) is 29.9 Å². The highest BCUT2D eigenvalue weighted by Crippen LogP contribution is 2.30.